The molecule has 2 nitrogen and oxygen atoms in total. The molecular weight excluding hydrogens is 296 g/mol. The van der Waals surface area contributed by atoms with Crippen molar-refractivity contribution in [3.63, 3.8) is 0 Å². The van der Waals surface area contributed by atoms with Crippen LogP contribution in [0.2, 0.25) is 0 Å². The van der Waals surface area contributed by atoms with Crippen LogP contribution in [0.5, 0.6) is 0 Å². The molecule has 2 heteroatoms. The fraction of sp³-hybridized carbons (Fsp3) is 0.909. The van der Waals surface area contributed by atoms with Gasteiger partial charge in [-0.1, -0.05) is 20.8 Å². The number of hydrogen-bond acceptors (Lipinski definition) is 2. The Balaban J connectivity index is 1.65. The zero-order chi connectivity index (χ0) is 17.3. The Kier molecular flexibility index (Phi) is 3.79. The standard InChI is InChI=1S/C22H34O2/c1-13-11-19-17-6-5-15-12-16(24)7-9-21(15,3)18(17)8-10-22(19,4)20(13)14(2)23/h13,15,17-20H,5-12H2,1-4H3/t13-,15-,17-,18+,19+,20-,21+,22+/m1/s1. The Morgan fingerprint density at radius 2 is 1.79 bits per heavy atom. The number of hydrogen-bond donors (Lipinski definition) is 0. The predicted octanol–water partition coefficient (Wildman–Crippen LogP) is 5.05. The summed E-state index contributed by atoms with van der Waals surface area (Å²) in [5, 5.41) is 0. The highest BCUT2D eigenvalue weighted by atomic mass is 16.1. The van der Waals surface area contributed by atoms with Crippen LogP contribution in [0, 0.1) is 46.3 Å². The molecule has 24 heavy (non-hydrogen) atoms. The third-order valence-corrected chi connectivity index (χ3v) is 9.26. The first kappa shape index (κ1) is 16.8. The molecule has 0 aromatic heterocycles. The van der Waals surface area contributed by atoms with Crippen molar-refractivity contribution in [2.45, 2.75) is 79.1 Å². The van der Waals surface area contributed by atoms with Crippen molar-refractivity contribution >= 4 is 11.6 Å². The molecule has 4 aliphatic rings. The van der Waals surface area contributed by atoms with Gasteiger partial charge in [-0.25, -0.2) is 0 Å². The van der Waals surface area contributed by atoms with Crippen molar-refractivity contribution in [1.82, 2.24) is 0 Å². The Morgan fingerprint density at radius 1 is 1.04 bits per heavy atom. The van der Waals surface area contributed by atoms with Crippen LogP contribution in [0.25, 0.3) is 0 Å². The van der Waals surface area contributed by atoms with Crippen LogP contribution in [-0.2, 0) is 9.59 Å². The zero-order valence-corrected chi connectivity index (χ0v) is 15.9. The van der Waals surface area contributed by atoms with E-state index in [0.29, 0.717) is 28.8 Å². The Hall–Kier alpha value is -0.660. The van der Waals surface area contributed by atoms with E-state index >= 15 is 0 Å². The number of carbonyl (C=O) groups excluding carboxylic acids is 2. The molecule has 0 aromatic rings. The molecule has 0 radical (unpaired) electrons. The van der Waals surface area contributed by atoms with Crippen molar-refractivity contribution < 1.29 is 9.59 Å². The predicted molar refractivity (Wildman–Crippen MR) is 95.5 cm³/mol. The van der Waals surface area contributed by atoms with Gasteiger partial charge in [-0.3, -0.25) is 9.59 Å². The average Bonchev–Trinajstić information content (AvgIpc) is 2.78. The van der Waals surface area contributed by atoms with E-state index in [2.05, 4.69) is 20.8 Å². The summed E-state index contributed by atoms with van der Waals surface area (Å²) < 4.78 is 0. The lowest BCUT2D eigenvalue weighted by Crippen LogP contribution is -2.53. The quantitative estimate of drug-likeness (QED) is 0.674. The van der Waals surface area contributed by atoms with Gasteiger partial charge in [0.15, 0.2) is 0 Å². The van der Waals surface area contributed by atoms with E-state index in [-0.39, 0.29) is 11.3 Å². The van der Waals surface area contributed by atoms with Crippen molar-refractivity contribution in [2.24, 2.45) is 46.3 Å². The summed E-state index contributed by atoms with van der Waals surface area (Å²) in [6.07, 6.45) is 9.08. The fourth-order valence-corrected chi connectivity index (χ4v) is 8.27. The Labute approximate surface area is 147 Å². The van der Waals surface area contributed by atoms with Crippen molar-refractivity contribution in [1.29, 1.82) is 0 Å². The summed E-state index contributed by atoms with van der Waals surface area (Å²) in [4.78, 5) is 24.3. The summed E-state index contributed by atoms with van der Waals surface area (Å²) in [6, 6.07) is 0. The van der Waals surface area contributed by atoms with Gasteiger partial charge >= 0.3 is 0 Å². The molecule has 134 valence electrons. The van der Waals surface area contributed by atoms with Gasteiger partial charge < -0.3 is 0 Å². The largest absolute Gasteiger partial charge is 0.300 e. The van der Waals surface area contributed by atoms with Gasteiger partial charge in [-0.05, 0) is 85.9 Å². The first-order valence-corrected chi connectivity index (χ1v) is 10.3. The number of rotatable bonds is 1. The van der Waals surface area contributed by atoms with Crippen LogP contribution in [0.15, 0.2) is 0 Å². The Morgan fingerprint density at radius 3 is 2.50 bits per heavy atom. The smallest absolute Gasteiger partial charge is 0.133 e. The second kappa shape index (κ2) is 5.42. The summed E-state index contributed by atoms with van der Waals surface area (Å²) in [7, 11) is 0. The van der Waals surface area contributed by atoms with E-state index in [0.717, 1.165) is 37.0 Å². The highest BCUT2D eigenvalue weighted by Crippen LogP contribution is 2.68. The number of carbonyl (C=O) groups is 2. The average molecular weight is 331 g/mol. The number of fused-ring (bicyclic) bond motifs is 5. The van der Waals surface area contributed by atoms with Gasteiger partial charge in [-0.2, -0.15) is 0 Å². The zero-order valence-electron chi connectivity index (χ0n) is 15.9. The van der Waals surface area contributed by atoms with Gasteiger partial charge in [0.05, 0.1) is 0 Å². The van der Waals surface area contributed by atoms with E-state index in [9.17, 15) is 9.59 Å². The molecule has 0 unspecified atom stereocenters. The molecule has 4 fully saturated rings. The molecule has 0 heterocycles. The van der Waals surface area contributed by atoms with E-state index in [1.807, 2.05) is 6.92 Å². The van der Waals surface area contributed by atoms with Crippen LogP contribution in [0.3, 0.4) is 0 Å². The maximum atomic E-state index is 12.4. The molecular formula is C22H34O2. The molecule has 0 spiro atoms. The summed E-state index contributed by atoms with van der Waals surface area (Å²) >= 11 is 0. The van der Waals surface area contributed by atoms with Gasteiger partial charge in [0, 0.05) is 18.8 Å². The first-order valence-electron chi connectivity index (χ1n) is 10.3. The lowest BCUT2D eigenvalue weighted by molar-refractivity contribution is -0.143. The van der Waals surface area contributed by atoms with Gasteiger partial charge in [-0.15, -0.1) is 0 Å². The minimum atomic E-state index is 0.236. The minimum absolute atomic E-state index is 0.236. The number of ketones is 2. The van der Waals surface area contributed by atoms with Crippen LogP contribution in [0.1, 0.15) is 79.1 Å². The van der Waals surface area contributed by atoms with Crippen molar-refractivity contribution in [2.75, 3.05) is 0 Å². The molecule has 0 bridgehead atoms. The van der Waals surface area contributed by atoms with E-state index in [1.165, 1.54) is 32.1 Å². The highest BCUT2D eigenvalue weighted by Gasteiger charge is 2.62. The lowest BCUT2D eigenvalue weighted by Gasteiger charge is -2.60. The summed E-state index contributed by atoms with van der Waals surface area (Å²) in [5.41, 5.74) is 0.621. The van der Waals surface area contributed by atoms with E-state index in [1.54, 1.807) is 0 Å². The van der Waals surface area contributed by atoms with Crippen LogP contribution >= 0.6 is 0 Å². The summed E-state index contributed by atoms with van der Waals surface area (Å²) in [5.74, 6) is 4.71. The molecule has 4 rings (SSSR count). The van der Waals surface area contributed by atoms with Crippen LogP contribution in [-0.4, -0.2) is 11.6 Å². The van der Waals surface area contributed by atoms with E-state index in [4.69, 9.17) is 0 Å². The first-order chi connectivity index (χ1) is 11.3. The van der Waals surface area contributed by atoms with Crippen molar-refractivity contribution in [3.05, 3.63) is 0 Å². The fourth-order valence-electron chi connectivity index (χ4n) is 8.27. The molecule has 0 N–H and O–H groups in total. The second-order valence-corrected chi connectivity index (χ2v) is 10.2. The molecule has 4 aliphatic carbocycles. The molecule has 4 saturated carbocycles. The third-order valence-electron chi connectivity index (χ3n) is 9.26. The SMILES string of the molecule is CC(=O)[C@H]1[C@H](C)C[C@H]2[C@@H]3CC[C@@H]4CC(=O)CC[C@]4(C)[C@H]3CC[C@@]21C. The molecule has 0 amide bonds. The second-order valence-electron chi connectivity index (χ2n) is 10.2. The van der Waals surface area contributed by atoms with Gasteiger partial charge in [0.1, 0.15) is 11.6 Å². The molecule has 0 aliphatic heterocycles. The molecule has 8 atom stereocenters. The van der Waals surface area contributed by atoms with Crippen molar-refractivity contribution in [3.8, 4) is 0 Å². The third kappa shape index (κ3) is 2.13. The molecule has 0 saturated heterocycles. The highest BCUT2D eigenvalue weighted by molar-refractivity contribution is 5.80. The van der Waals surface area contributed by atoms with E-state index < -0.39 is 0 Å². The monoisotopic (exact) mass is 330 g/mol. The molecule has 0 aromatic carbocycles. The summed E-state index contributed by atoms with van der Waals surface area (Å²) in [6.45, 7) is 9.08. The van der Waals surface area contributed by atoms with Gasteiger partial charge in [0.2, 0.25) is 0 Å². The maximum absolute atomic E-state index is 12.4. The van der Waals surface area contributed by atoms with Gasteiger partial charge in [0.25, 0.3) is 0 Å². The minimum Gasteiger partial charge on any atom is -0.300 e. The maximum Gasteiger partial charge on any atom is 0.133 e. The Bertz CT molecular complexity index is 566. The number of Topliss-reactive ketones (excluding diaryl/α,β-unsaturated/α-hetero) is 2. The topological polar surface area (TPSA) is 34.1 Å². The van der Waals surface area contributed by atoms with Crippen LogP contribution < -0.4 is 0 Å². The van der Waals surface area contributed by atoms with Crippen LogP contribution in [0.4, 0.5) is 0 Å². The normalized spacial score (nSPS) is 53.9. The lowest BCUT2D eigenvalue weighted by atomic mass is 9.44.